The molecule has 0 atom stereocenters. The Kier molecular flexibility index (Phi) is 3.51. The molecule has 0 N–H and O–H groups in total. The monoisotopic (exact) mass is 282 g/mol. The summed E-state index contributed by atoms with van der Waals surface area (Å²) in [6, 6.07) is 0.889. The van der Waals surface area contributed by atoms with Crippen LogP contribution >= 0.6 is 15.9 Å². The van der Waals surface area contributed by atoms with Crippen LogP contribution in [-0.2, 0) is 0 Å². The van der Waals surface area contributed by atoms with Crippen LogP contribution in [0.25, 0.3) is 0 Å². The molecule has 0 aliphatic heterocycles. The Bertz CT molecular complexity index is 400. The van der Waals surface area contributed by atoms with Gasteiger partial charge in [-0.1, -0.05) is 0 Å². The molecule has 1 rings (SSSR count). The minimum Gasteiger partial charge on any atom is -0.492 e. The van der Waals surface area contributed by atoms with Gasteiger partial charge in [0.15, 0.2) is 5.75 Å². The lowest BCUT2D eigenvalue weighted by atomic mass is 10.2. The van der Waals surface area contributed by atoms with Crippen molar-refractivity contribution in [2.45, 2.75) is 6.43 Å². The van der Waals surface area contributed by atoms with Gasteiger partial charge < -0.3 is 14.9 Å². The van der Waals surface area contributed by atoms with Gasteiger partial charge in [-0.25, -0.2) is 8.78 Å². The van der Waals surface area contributed by atoms with Gasteiger partial charge in [0, 0.05) is 22.0 Å². The molecule has 1 aromatic rings. The summed E-state index contributed by atoms with van der Waals surface area (Å²) >= 11 is 2.87. The van der Waals surface area contributed by atoms with Crippen molar-refractivity contribution >= 4 is 21.7 Å². The van der Waals surface area contributed by atoms with Crippen LogP contribution in [-0.4, -0.2) is 17.0 Å². The molecule has 0 unspecified atom stereocenters. The molecular weight excluding hydrogens is 278 g/mol. The van der Waals surface area contributed by atoms with Crippen LogP contribution in [0.4, 0.5) is 14.6 Å². The zero-order valence-corrected chi connectivity index (χ0v) is 8.99. The van der Waals surface area contributed by atoms with Gasteiger partial charge in [0.25, 0.3) is 11.0 Å². The number of nitro groups is 1. The molecule has 0 amide bonds. The molecule has 82 valence electrons. The van der Waals surface area contributed by atoms with Gasteiger partial charge in [-0.05, 0) is 9.91 Å². The third-order valence-corrected chi connectivity index (χ3v) is 2.15. The molecule has 0 bridgehead atoms. The summed E-state index contributed by atoms with van der Waals surface area (Å²) < 4.78 is 29.6. The van der Waals surface area contributed by atoms with Gasteiger partial charge in [-0.2, -0.15) is 0 Å². The van der Waals surface area contributed by atoms with Crippen LogP contribution in [0.5, 0.6) is 5.75 Å². The fourth-order valence-corrected chi connectivity index (χ4v) is 1.37. The van der Waals surface area contributed by atoms with E-state index in [2.05, 4.69) is 20.9 Å². The maximum Gasteiger partial charge on any atom is 0.373 e. The van der Waals surface area contributed by atoms with E-state index in [1.54, 1.807) is 0 Å². The van der Waals surface area contributed by atoms with E-state index in [1.165, 1.54) is 7.11 Å². The lowest BCUT2D eigenvalue weighted by molar-refractivity contribution is -0.391. The van der Waals surface area contributed by atoms with Crippen LogP contribution in [0.15, 0.2) is 10.7 Å². The van der Waals surface area contributed by atoms with E-state index >= 15 is 0 Å². The second kappa shape index (κ2) is 4.47. The standard InChI is InChI=1S/C7H5BrF2N2O3/c1-15-4-2-3(6(9)10)7(12(13)14)11-5(4)8/h2,6H,1H3. The first-order chi connectivity index (χ1) is 6.97. The zero-order chi connectivity index (χ0) is 11.6. The Morgan fingerprint density at radius 2 is 2.27 bits per heavy atom. The van der Waals surface area contributed by atoms with Crippen molar-refractivity contribution in [1.29, 1.82) is 0 Å². The third-order valence-electron chi connectivity index (χ3n) is 1.58. The molecule has 0 saturated carbocycles. The molecule has 0 saturated heterocycles. The third kappa shape index (κ3) is 2.38. The molecule has 0 fully saturated rings. The summed E-state index contributed by atoms with van der Waals surface area (Å²) in [7, 11) is 1.25. The van der Waals surface area contributed by atoms with Crippen molar-refractivity contribution in [3.05, 3.63) is 26.3 Å². The predicted octanol–water partition coefficient (Wildman–Crippen LogP) is 2.70. The zero-order valence-electron chi connectivity index (χ0n) is 7.41. The molecule has 0 radical (unpaired) electrons. The number of hydrogen-bond donors (Lipinski definition) is 0. The lowest BCUT2D eigenvalue weighted by Gasteiger charge is -2.04. The number of aromatic nitrogens is 1. The Hall–Kier alpha value is -1.31. The highest BCUT2D eigenvalue weighted by atomic mass is 79.9. The van der Waals surface area contributed by atoms with Crippen LogP contribution < -0.4 is 4.74 Å². The maximum atomic E-state index is 12.4. The highest BCUT2D eigenvalue weighted by molar-refractivity contribution is 9.10. The molecule has 8 heteroatoms. The smallest absolute Gasteiger partial charge is 0.373 e. The number of methoxy groups -OCH3 is 1. The summed E-state index contributed by atoms with van der Waals surface area (Å²) in [6.45, 7) is 0. The predicted molar refractivity (Wildman–Crippen MR) is 50.1 cm³/mol. The Morgan fingerprint density at radius 3 is 2.67 bits per heavy atom. The van der Waals surface area contributed by atoms with Crippen molar-refractivity contribution in [1.82, 2.24) is 4.98 Å². The van der Waals surface area contributed by atoms with Gasteiger partial charge in [0.1, 0.15) is 5.56 Å². The minimum atomic E-state index is -2.97. The van der Waals surface area contributed by atoms with Gasteiger partial charge in [-0.15, -0.1) is 0 Å². The number of nitrogens with zero attached hydrogens (tertiary/aromatic N) is 2. The molecule has 15 heavy (non-hydrogen) atoms. The SMILES string of the molecule is COc1cc(C(F)F)c([N+](=O)[O-])nc1Br. The molecule has 5 nitrogen and oxygen atoms in total. The summed E-state index contributed by atoms with van der Waals surface area (Å²) in [5, 5.41) is 10.4. The van der Waals surface area contributed by atoms with Crippen LogP contribution in [0.3, 0.4) is 0 Å². The van der Waals surface area contributed by atoms with Crippen molar-refractivity contribution in [3.63, 3.8) is 0 Å². The molecule has 1 aromatic heterocycles. The molecule has 0 aromatic carbocycles. The molecule has 0 aliphatic rings. The fraction of sp³-hybridized carbons (Fsp3) is 0.286. The van der Waals surface area contributed by atoms with Gasteiger partial charge in [0.2, 0.25) is 0 Å². The number of pyridine rings is 1. The van der Waals surface area contributed by atoms with E-state index in [1.807, 2.05) is 0 Å². The number of halogens is 3. The topological polar surface area (TPSA) is 65.3 Å². The van der Waals surface area contributed by atoms with Crippen molar-refractivity contribution < 1.29 is 18.4 Å². The second-order valence-electron chi connectivity index (χ2n) is 2.45. The van der Waals surface area contributed by atoms with E-state index in [4.69, 9.17) is 4.74 Å². The Balaban J connectivity index is 3.38. The fourth-order valence-electron chi connectivity index (χ4n) is 0.928. The van der Waals surface area contributed by atoms with Crippen LogP contribution in [0, 0.1) is 10.1 Å². The number of ether oxygens (including phenoxy) is 1. The first-order valence-corrected chi connectivity index (χ1v) is 4.43. The van der Waals surface area contributed by atoms with E-state index in [0.29, 0.717) is 0 Å². The summed E-state index contributed by atoms with van der Waals surface area (Å²) in [5.41, 5.74) is -0.764. The van der Waals surface area contributed by atoms with Crippen molar-refractivity contribution in [2.24, 2.45) is 0 Å². The number of alkyl halides is 2. The van der Waals surface area contributed by atoms with Gasteiger partial charge in [-0.3, -0.25) is 0 Å². The first kappa shape index (κ1) is 11.8. The maximum absolute atomic E-state index is 12.4. The second-order valence-corrected chi connectivity index (χ2v) is 3.20. The van der Waals surface area contributed by atoms with E-state index in [-0.39, 0.29) is 10.4 Å². The largest absolute Gasteiger partial charge is 0.492 e. The summed E-state index contributed by atoms with van der Waals surface area (Å²) in [4.78, 5) is 12.8. The van der Waals surface area contributed by atoms with E-state index in [9.17, 15) is 18.9 Å². The van der Waals surface area contributed by atoms with Crippen LogP contribution in [0.1, 0.15) is 12.0 Å². The van der Waals surface area contributed by atoms with Crippen molar-refractivity contribution in [3.8, 4) is 5.75 Å². The quantitative estimate of drug-likeness (QED) is 0.486. The van der Waals surface area contributed by atoms with E-state index < -0.39 is 22.7 Å². The molecule has 0 aliphatic carbocycles. The average Bonchev–Trinajstić information content (AvgIpc) is 2.16. The first-order valence-electron chi connectivity index (χ1n) is 3.64. The van der Waals surface area contributed by atoms with Crippen LogP contribution in [0.2, 0.25) is 0 Å². The number of hydrogen-bond acceptors (Lipinski definition) is 4. The summed E-state index contributed by atoms with van der Waals surface area (Å²) in [5.74, 6) is -0.853. The minimum absolute atomic E-state index is 0.0149. The number of rotatable bonds is 3. The van der Waals surface area contributed by atoms with Gasteiger partial charge >= 0.3 is 5.82 Å². The molecular formula is C7H5BrF2N2O3. The van der Waals surface area contributed by atoms with E-state index in [0.717, 1.165) is 6.07 Å². The highest BCUT2D eigenvalue weighted by Crippen LogP contribution is 2.34. The Labute approximate surface area is 91.3 Å². The average molecular weight is 283 g/mol. The van der Waals surface area contributed by atoms with Gasteiger partial charge in [0.05, 0.1) is 7.11 Å². The highest BCUT2D eigenvalue weighted by Gasteiger charge is 2.26. The lowest BCUT2D eigenvalue weighted by Crippen LogP contribution is -2.01. The normalized spacial score (nSPS) is 10.5. The van der Waals surface area contributed by atoms with Crippen molar-refractivity contribution in [2.75, 3.05) is 7.11 Å². The molecule has 1 heterocycles. The Morgan fingerprint density at radius 1 is 1.67 bits per heavy atom. The molecule has 0 spiro atoms. The summed E-state index contributed by atoms with van der Waals surface area (Å²) in [6.07, 6.45) is -2.97.